The van der Waals surface area contributed by atoms with Crippen LogP contribution >= 0.6 is 15.9 Å². The summed E-state index contributed by atoms with van der Waals surface area (Å²) in [5.41, 5.74) is 1.49. The number of rotatable bonds is 5. The molecule has 0 unspecified atom stereocenters. The topological polar surface area (TPSA) is 64.0 Å². The van der Waals surface area contributed by atoms with Crippen LogP contribution in [0.1, 0.15) is 25.5 Å². The van der Waals surface area contributed by atoms with E-state index in [0.29, 0.717) is 11.0 Å². The highest BCUT2D eigenvalue weighted by atomic mass is 79.9. The van der Waals surface area contributed by atoms with Gasteiger partial charge in [-0.25, -0.2) is 8.42 Å². The lowest BCUT2D eigenvalue weighted by Gasteiger charge is -2.07. The molecule has 0 saturated carbocycles. The van der Waals surface area contributed by atoms with Crippen molar-refractivity contribution >= 4 is 31.6 Å². The minimum absolute atomic E-state index is 0.187. The third-order valence-electron chi connectivity index (χ3n) is 2.77. The molecule has 1 heterocycles. The Morgan fingerprint density at radius 1 is 1.30 bits per heavy atom. The summed E-state index contributed by atoms with van der Waals surface area (Å²) in [5, 5.41) is 4.80. The number of aromatic nitrogens is 2. The largest absolute Gasteiger partial charge is 0.276 e. The van der Waals surface area contributed by atoms with Gasteiger partial charge in [0.1, 0.15) is 0 Å². The fourth-order valence-electron chi connectivity index (χ4n) is 1.64. The van der Waals surface area contributed by atoms with E-state index in [4.69, 9.17) is 0 Å². The Hall–Kier alpha value is -1.34. The zero-order valence-electron chi connectivity index (χ0n) is 11.2. The van der Waals surface area contributed by atoms with E-state index in [9.17, 15) is 8.42 Å². The standard InChI is InChI=1S/C13H16BrN3O2S/c1-10(2)17-9-12(8-15-17)16-20(18,19)13-5-3-11(7-14)4-6-13/h3-6,8-10,16H,7H2,1-2H3. The molecule has 1 N–H and O–H groups in total. The molecule has 0 amide bonds. The molecule has 0 saturated heterocycles. The van der Waals surface area contributed by atoms with Gasteiger partial charge in [0.25, 0.3) is 10.0 Å². The lowest BCUT2D eigenvalue weighted by atomic mass is 10.2. The van der Waals surface area contributed by atoms with Crippen molar-refractivity contribution in [3.8, 4) is 0 Å². The van der Waals surface area contributed by atoms with Crippen molar-refractivity contribution in [2.24, 2.45) is 0 Å². The summed E-state index contributed by atoms with van der Waals surface area (Å²) < 4.78 is 28.7. The van der Waals surface area contributed by atoms with E-state index in [1.165, 1.54) is 6.20 Å². The number of benzene rings is 1. The summed E-state index contributed by atoms with van der Waals surface area (Å²) in [5.74, 6) is 0. The number of alkyl halides is 1. The van der Waals surface area contributed by atoms with Gasteiger partial charge in [0.05, 0.1) is 16.8 Å². The van der Waals surface area contributed by atoms with Gasteiger partial charge in [-0.05, 0) is 31.5 Å². The fourth-order valence-corrected chi connectivity index (χ4v) is 3.05. The minimum atomic E-state index is -3.57. The second-order valence-corrected chi connectivity index (χ2v) is 6.93. The maximum atomic E-state index is 12.2. The molecular weight excluding hydrogens is 342 g/mol. The van der Waals surface area contributed by atoms with Crippen molar-refractivity contribution in [1.29, 1.82) is 0 Å². The SMILES string of the molecule is CC(C)n1cc(NS(=O)(=O)c2ccc(CBr)cc2)cn1. The number of anilines is 1. The van der Waals surface area contributed by atoms with Crippen LogP contribution in [0.25, 0.3) is 0 Å². The molecule has 0 bridgehead atoms. The van der Waals surface area contributed by atoms with E-state index in [0.717, 1.165) is 5.56 Å². The second kappa shape index (κ2) is 5.97. The summed E-state index contributed by atoms with van der Waals surface area (Å²) in [6.07, 6.45) is 3.18. The second-order valence-electron chi connectivity index (χ2n) is 4.69. The van der Waals surface area contributed by atoms with Crippen molar-refractivity contribution in [3.63, 3.8) is 0 Å². The highest BCUT2D eigenvalue weighted by Crippen LogP contribution is 2.18. The van der Waals surface area contributed by atoms with Crippen LogP contribution in [0.4, 0.5) is 5.69 Å². The maximum Gasteiger partial charge on any atom is 0.261 e. The third-order valence-corrected chi connectivity index (χ3v) is 4.82. The van der Waals surface area contributed by atoms with Crippen LogP contribution < -0.4 is 4.72 Å². The number of halogens is 1. The third kappa shape index (κ3) is 3.40. The van der Waals surface area contributed by atoms with Crippen molar-refractivity contribution < 1.29 is 8.42 Å². The Kier molecular flexibility index (Phi) is 4.49. The lowest BCUT2D eigenvalue weighted by Crippen LogP contribution is -2.12. The molecular formula is C13H16BrN3O2S. The average Bonchev–Trinajstić information content (AvgIpc) is 2.87. The highest BCUT2D eigenvalue weighted by molar-refractivity contribution is 9.08. The molecule has 0 aliphatic carbocycles. The van der Waals surface area contributed by atoms with E-state index in [-0.39, 0.29) is 10.9 Å². The quantitative estimate of drug-likeness (QED) is 0.835. The van der Waals surface area contributed by atoms with Gasteiger partial charge in [0.2, 0.25) is 0 Å². The number of nitrogens with one attached hydrogen (secondary N) is 1. The summed E-state index contributed by atoms with van der Waals surface area (Å²) in [6.45, 7) is 3.95. The molecule has 0 aliphatic heterocycles. The molecule has 0 atom stereocenters. The normalized spacial score (nSPS) is 11.8. The first kappa shape index (κ1) is 15.1. The molecule has 2 rings (SSSR count). The van der Waals surface area contributed by atoms with Crippen LogP contribution in [0.2, 0.25) is 0 Å². The maximum absolute atomic E-state index is 12.2. The molecule has 0 radical (unpaired) electrons. The van der Waals surface area contributed by atoms with Crippen molar-refractivity contribution in [2.45, 2.75) is 30.1 Å². The molecule has 0 aliphatic rings. The van der Waals surface area contributed by atoms with Crippen LogP contribution in [0.3, 0.4) is 0 Å². The monoisotopic (exact) mass is 357 g/mol. The van der Waals surface area contributed by atoms with Gasteiger partial charge in [-0.15, -0.1) is 0 Å². The zero-order chi connectivity index (χ0) is 14.8. The van der Waals surface area contributed by atoms with Gasteiger partial charge in [-0.1, -0.05) is 28.1 Å². The van der Waals surface area contributed by atoms with Crippen LogP contribution in [0.5, 0.6) is 0 Å². The first-order valence-electron chi connectivity index (χ1n) is 6.14. The number of nitrogens with zero attached hydrogens (tertiary/aromatic N) is 2. The van der Waals surface area contributed by atoms with E-state index in [2.05, 4.69) is 25.8 Å². The zero-order valence-corrected chi connectivity index (χ0v) is 13.6. The van der Waals surface area contributed by atoms with E-state index < -0.39 is 10.0 Å². The Morgan fingerprint density at radius 3 is 2.45 bits per heavy atom. The first-order chi connectivity index (χ1) is 9.42. The van der Waals surface area contributed by atoms with Gasteiger partial charge >= 0.3 is 0 Å². The summed E-state index contributed by atoms with van der Waals surface area (Å²) in [4.78, 5) is 0.236. The fraction of sp³-hybridized carbons (Fsp3) is 0.308. The van der Waals surface area contributed by atoms with E-state index in [1.54, 1.807) is 35.1 Å². The molecule has 1 aromatic heterocycles. The molecule has 5 nitrogen and oxygen atoms in total. The van der Waals surface area contributed by atoms with Gasteiger partial charge in [0.15, 0.2) is 0 Å². The van der Waals surface area contributed by atoms with E-state index >= 15 is 0 Å². The molecule has 2 aromatic rings. The molecule has 0 fully saturated rings. The van der Waals surface area contributed by atoms with Gasteiger partial charge in [-0.2, -0.15) is 5.10 Å². The molecule has 1 aromatic carbocycles. The Balaban J connectivity index is 2.21. The van der Waals surface area contributed by atoms with Crippen LogP contribution in [0.15, 0.2) is 41.6 Å². The number of sulfonamides is 1. The Morgan fingerprint density at radius 2 is 1.95 bits per heavy atom. The average molecular weight is 358 g/mol. The summed E-state index contributed by atoms with van der Waals surface area (Å²) in [6, 6.07) is 6.92. The molecule has 108 valence electrons. The minimum Gasteiger partial charge on any atom is -0.276 e. The smallest absolute Gasteiger partial charge is 0.261 e. The van der Waals surface area contributed by atoms with Crippen molar-refractivity contribution in [1.82, 2.24) is 9.78 Å². The van der Waals surface area contributed by atoms with Gasteiger partial charge in [0, 0.05) is 17.6 Å². The van der Waals surface area contributed by atoms with Crippen LogP contribution in [-0.2, 0) is 15.4 Å². The van der Waals surface area contributed by atoms with E-state index in [1.807, 2.05) is 13.8 Å². The van der Waals surface area contributed by atoms with Crippen molar-refractivity contribution in [3.05, 3.63) is 42.2 Å². The molecule has 0 spiro atoms. The van der Waals surface area contributed by atoms with Crippen LogP contribution in [0, 0.1) is 0 Å². The van der Waals surface area contributed by atoms with Crippen molar-refractivity contribution in [2.75, 3.05) is 4.72 Å². The summed E-state index contributed by atoms with van der Waals surface area (Å²) >= 11 is 3.33. The first-order valence-corrected chi connectivity index (χ1v) is 8.75. The Labute approximate surface area is 127 Å². The van der Waals surface area contributed by atoms with Gasteiger partial charge < -0.3 is 0 Å². The molecule has 7 heteroatoms. The Bertz CT molecular complexity index is 678. The number of hydrogen-bond donors (Lipinski definition) is 1. The predicted molar refractivity (Wildman–Crippen MR) is 82.5 cm³/mol. The number of hydrogen-bond acceptors (Lipinski definition) is 3. The van der Waals surface area contributed by atoms with Crippen LogP contribution in [-0.4, -0.2) is 18.2 Å². The van der Waals surface area contributed by atoms with Gasteiger partial charge in [-0.3, -0.25) is 9.40 Å². The highest BCUT2D eigenvalue weighted by Gasteiger charge is 2.15. The lowest BCUT2D eigenvalue weighted by molar-refractivity contribution is 0.532. The predicted octanol–water partition coefficient (Wildman–Crippen LogP) is 3.16. The summed E-state index contributed by atoms with van der Waals surface area (Å²) in [7, 11) is -3.57. The molecule has 20 heavy (non-hydrogen) atoms.